The smallest absolute Gasteiger partial charge is 0.207 e. The molecule has 1 unspecified atom stereocenters. The summed E-state index contributed by atoms with van der Waals surface area (Å²) < 4.78 is 27.7. The summed E-state index contributed by atoms with van der Waals surface area (Å²) in [5.41, 5.74) is 4.27. The fourth-order valence-corrected chi connectivity index (χ4v) is 3.61. The minimum atomic E-state index is -3.51. The fourth-order valence-electron chi connectivity index (χ4n) is 2.29. The minimum absolute atomic E-state index is 0.266. The monoisotopic (exact) mass is 317 g/mol. The Bertz CT molecular complexity index is 749. The van der Waals surface area contributed by atoms with Crippen LogP contribution in [0.25, 0.3) is 0 Å². The lowest BCUT2D eigenvalue weighted by molar-refractivity contribution is 0.567. The van der Waals surface area contributed by atoms with Crippen LogP contribution in [-0.2, 0) is 16.4 Å². The molecule has 0 bridgehead atoms. The first-order valence-corrected chi connectivity index (χ1v) is 9.00. The van der Waals surface area contributed by atoms with Gasteiger partial charge in [-0.3, -0.25) is 0 Å². The van der Waals surface area contributed by atoms with Crippen LogP contribution in [0.5, 0.6) is 0 Å². The molecule has 0 spiro atoms. The zero-order valence-corrected chi connectivity index (χ0v) is 14.4. The first kappa shape index (κ1) is 16.7. The third kappa shape index (κ3) is 3.76. The predicted molar refractivity (Wildman–Crippen MR) is 90.5 cm³/mol. The van der Waals surface area contributed by atoms with Gasteiger partial charge in [0.2, 0.25) is 10.0 Å². The van der Waals surface area contributed by atoms with Crippen LogP contribution < -0.4 is 4.72 Å². The molecule has 22 heavy (non-hydrogen) atoms. The van der Waals surface area contributed by atoms with Crippen molar-refractivity contribution < 1.29 is 8.42 Å². The van der Waals surface area contributed by atoms with E-state index in [2.05, 4.69) is 11.6 Å². The van der Waals surface area contributed by atoms with E-state index in [0.29, 0.717) is 4.90 Å². The molecule has 2 aromatic carbocycles. The first-order valence-electron chi connectivity index (χ1n) is 7.52. The molecular weight excluding hydrogens is 294 g/mol. The van der Waals surface area contributed by atoms with E-state index < -0.39 is 10.0 Å². The molecule has 4 heteroatoms. The van der Waals surface area contributed by atoms with Gasteiger partial charge in [-0.1, -0.05) is 37.3 Å². The van der Waals surface area contributed by atoms with Crippen LogP contribution in [0.15, 0.2) is 47.4 Å². The summed E-state index contributed by atoms with van der Waals surface area (Å²) in [4.78, 5) is 0.313. The molecule has 0 fully saturated rings. The van der Waals surface area contributed by atoms with Crippen molar-refractivity contribution in [2.45, 2.75) is 45.1 Å². The van der Waals surface area contributed by atoms with Crippen LogP contribution in [0.2, 0.25) is 0 Å². The van der Waals surface area contributed by atoms with Gasteiger partial charge in [0.15, 0.2) is 0 Å². The topological polar surface area (TPSA) is 46.2 Å². The van der Waals surface area contributed by atoms with Crippen LogP contribution in [0.1, 0.15) is 42.1 Å². The summed E-state index contributed by atoms with van der Waals surface area (Å²) in [7, 11) is -3.51. The lowest BCUT2D eigenvalue weighted by Crippen LogP contribution is -2.27. The lowest BCUT2D eigenvalue weighted by Gasteiger charge is -2.16. The molecule has 1 atom stereocenters. The highest BCUT2D eigenvalue weighted by molar-refractivity contribution is 7.89. The number of benzene rings is 2. The van der Waals surface area contributed by atoms with Crippen molar-refractivity contribution >= 4 is 10.0 Å². The van der Waals surface area contributed by atoms with Crippen molar-refractivity contribution in [1.82, 2.24) is 4.72 Å². The normalized spacial score (nSPS) is 13.1. The molecule has 2 aromatic rings. The number of sulfonamides is 1. The Kier molecular flexibility index (Phi) is 5.04. The zero-order chi connectivity index (χ0) is 16.3. The van der Waals surface area contributed by atoms with E-state index in [1.165, 1.54) is 5.56 Å². The maximum Gasteiger partial charge on any atom is 0.241 e. The van der Waals surface area contributed by atoms with E-state index in [-0.39, 0.29) is 6.04 Å². The summed E-state index contributed by atoms with van der Waals surface area (Å²) in [6, 6.07) is 13.0. The van der Waals surface area contributed by atoms with Crippen LogP contribution >= 0.6 is 0 Å². The van der Waals surface area contributed by atoms with Gasteiger partial charge in [0, 0.05) is 6.04 Å². The van der Waals surface area contributed by atoms with Gasteiger partial charge in [-0.25, -0.2) is 13.1 Å². The highest BCUT2D eigenvalue weighted by atomic mass is 32.2. The van der Waals surface area contributed by atoms with Gasteiger partial charge in [0.25, 0.3) is 0 Å². The molecule has 0 saturated heterocycles. The quantitative estimate of drug-likeness (QED) is 0.909. The second kappa shape index (κ2) is 6.63. The standard InChI is InChI=1S/C18H23NO2S/c1-5-16-7-9-17(10-8-16)15(4)19-22(20,21)18-11-6-13(2)14(3)12-18/h6-12,15,19H,5H2,1-4H3. The number of hydrogen-bond donors (Lipinski definition) is 1. The van der Waals surface area contributed by atoms with Crippen LogP contribution in [0.4, 0.5) is 0 Å². The summed E-state index contributed by atoms with van der Waals surface area (Å²) in [6.07, 6.45) is 0.975. The second-order valence-electron chi connectivity index (χ2n) is 5.68. The van der Waals surface area contributed by atoms with Crippen LogP contribution in [-0.4, -0.2) is 8.42 Å². The van der Waals surface area contributed by atoms with Gasteiger partial charge in [-0.15, -0.1) is 0 Å². The molecule has 0 aliphatic rings. The van der Waals surface area contributed by atoms with E-state index in [0.717, 1.165) is 23.1 Å². The average molecular weight is 317 g/mol. The van der Waals surface area contributed by atoms with Crippen LogP contribution in [0.3, 0.4) is 0 Å². The summed E-state index contributed by atoms with van der Waals surface area (Å²) in [6.45, 7) is 7.85. The van der Waals surface area contributed by atoms with Crippen LogP contribution in [0, 0.1) is 13.8 Å². The largest absolute Gasteiger partial charge is 0.241 e. The number of rotatable bonds is 5. The molecule has 0 aromatic heterocycles. The second-order valence-corrected chi connectivity index (χ2v) is 7.40. The summed E-state index contributed by atoms with van der Waals surface area (Å²) in [5, 5.41) is 0. The molecule has 3 nitrogen and oxygen atoms in total. The molecule has 0 amide bonds. The zero-order valence-electron chi connectivity index (χ0n) is 13.6. The number of nitrogens with one attached hydrogen (secondary N) is 1. The lowest BCUT2D eigenvalue weighted by atomic mass is 10.1. The number of hydrogen-bond acceptors (Lipinski definition) is 2. The highest BCUT2D eigenvalue weighted by Gasteiger charge is 2.18. The van der Waals surface area contributed by atoms with E-state index in [1.54, 1.807) is 12.1 Å². The molecule has 0 radical (unpaired) electrons. The van der Waals surface area contributed by atoms with Crippen molar-refractivity contribution in [3.63, 3.8) is 0 Å². The Morgan fingerprint density at radius 2 is 1.64 bits per heavy atom. The maximum atomic E-state index is 12.5. The Hall–Kier alpha value is -1.65. The average Bonchev–Trinajstić information content (AvgIpc) is 2.49. The third-order valence-electron chi connectivity index (χ3n) is 4.01. The molecule has 1 N–H and O–H groups in total. The molecule has 118 valence electrons. The Labute approximate surface area is 133 Å². The van der Waals surface area contributed by atoms with Crippen molar-refractivity contribution in [2.75, 3.05) is 0 Å². The molecule has 0 aliphatic heterocycles. The van der Waals surface area contributed by atoms with E-state index in [4.69, 9.17) is 0 Å². The number of aryl methyl sites for hydroxylation is 3. The fraction of sp³-hybridized carbons (Fsp3) is 0.333. The Balaban J connectivity index is 2.21. The van der Waals surface area contributed by atoms with E-state index in [1.807, 2.05) is 51.1 Å². The molecule has 0 heterocycles. The molecular formula is C18H23NO2S. The van der Waals surface area contributed by atoms with Crippen molar-refractivity contribution in [2.24, 2.45) is 0 Å². The van der Waals surface area contributed by atoms with Crippen molar-refractivity contribution in [3.8, 4) is 0 Å². The maximum absolute atomic E-state index is 12.5. The van der Waals surface area contributed by atoms with Crippen molar-refractivity contribution in [3.05, 3.63) is 64.7 Å². The van der Waals surface area contributed by atoms with Gasteiger partial charge in [0.05, 0.1) is 4.90 Å². The van der Waals surface area contributed by atoms with Gasteiger partial charge >= 0.3 is 0 Å². The SMILES string of the molecule is CCc1ccc(C(C)NS(=O)(=O)c2ccc(C)c(C)c2)cc1. The third-order valence-corrected chi connectivity index (χ3v) is 5.55. The van der Waals surface area contributed by atoms with Gasteiger partial charge < -0.3 is 0 Å². The van der Waals surface area contributed by atoms with Gasteiger partial charge in [-0.2, -0.15) is 0 Å². The van der Waals surface area contributed by atoms with Crippen molar-refractivity contribution in [1.29, 1.82) is 0 Å². The molecule has 2 rings (SSSR count). The minimum Gasteiger partial charge on any atom is -0.207 e. The predicted octanol–water partition coefficient (Wildman–Crippen LogP) is 3.91. The summed E-state index contributed by atoms with van der Waals surface area (Å²) in [5.74, 6) is 0. The Morgan fingerprint density at radius 1 is 1.00 bits per heavy atom. The Morgan fingerprint density at radius 3 is 2.18 bits per heavy atom. The molecule has 0 saturated carbocycles. The van der Waals surface area contributed by atoms with Gasteiger partial charge in [0.1, 0.15) is 0 Å². The first-order chi connectivity index (χ1) is 10.3. The molecule has 0 aliphatic carbocycles. The van der Waals surface area contributed by atoms with Gasteiger partial charge in [-0.05, 0) is 61.6 Å². The highest BCUT2D eigenvalue weighted by Crippen LogP contribution is 2.19. The summed E-state index contributed by atoms with van der Waals surface area (Å²) >= 11 is 0. The van der Waals surface area contributed by atoms with E-state index in [9.17, 15) is 8.42 Å². The van der Waals surface area contributed by atoms with E-state index >= 15 is 0 Å².